The maximum Gasteiger partial charge on any atom is 0.317 e. The Hall–Kier alpha value is -1.62. The summed E-state index contributed by atoms with van der Waals surface area (Å²) >= 11 is 0. The number of likely N-dealkylation sites (N-methyl/N-ethyl adjacent to an activating group) is 1. The van der Waals surface area contributed by atoms with Gasteiger partial charge < -0.3 is 15.3 Å². The van der Waals surface area contributed by atoms with Gasteiger partial charge in [-0.3, -0.25) is 0 Å². The van der Waals surface area contributed by atoms with Gasteiger partial charge in [-0.05, 0) is 24.1 Å². The van der Waals surface area contributed by atoms with Crippen LogP contribution < -0.4 is 5.32 Å². The Kier molecular flexibility index (Phi) is 5.42. The van der Waals surface area contributed by atoms with E-state index in [0.29, 0.717) is 19.5 Å². The molecule has 0 atom stereocenters. The maximum atomic E-state index is 12.6. The van der Waals surface area contributed by atoms with E-state index in [1.807, 2.05) is 0 Å². The lowest BCUT2D eigenvalue weighted by molar-refractivity contribution is 0.190. The fraction of sp³-hybridized carbons (Fsp3) is 0.417. The number of halogens is 1. The van der Waals surface area contributed by atoms with Gasteiger partial charge in [-0.2, -0.15) is 0 Å². The zero-order chi connectivity index (χ0) is 12.7. The quantitative estimate of drug-likeness (QED) is 0.806. The van der Waals surface area contributed by atoms with Crippen molar-refractivity contribution >= 4 is 6.03 Å². The molecule has 0 unspecified atom stereocenters. The Morgan fingerprint density at radius 2 is 2.06 bits per heavy atom. The molecule has 4 nitrogen and oxygen atoms in total. The molecule has 0 aliphatic rings. The van der Waals surface area contributed by atoms with Gasteiger partial charge >= 0.3 is 6.03 Å². The summed E-state index contributed by atoms with van der Waals surface area (Å²) in [5.74, 6) is -0.263. The van der Waals surface area contributed by atoms with E-state index in [1.165, 1.54) is 17.0 Å². The third-order valence-electron chi connectivity index (χ3n) is 2.39. The fourth-order valence-corrected chi connectivity index (χ4v) is 1.35. The normalized spacial score (nSPS) is 10.1. The van der Waals surface area contributed by atoms with Crippen LogP contribution in [0.25, 0.3) is 0 Å². The lowest BCUT2D eigenvalue weighted by Crippen LogP contribution is -2.39. The average molecular weight is 240 g/mol. The molecule has 0 aromatic heterocycles. The summed E-state index contributed by atoms with van der Waals surface area (Å²) in [6.07, 6.45) is 0.652. The standard InChI is InChI=1S/C12H17FN2O2/c1-15(8-9-16)12(17)14-7-6-10-2-4-11(13)5-3-10/h2-5,16H,6-9H2,1H3,(H,14,17). The van der Waals surface area contributed by atoms with Gasteiger partial charge in [0.1, 0.15) is 5.82 Å². The lowest BCUT2D eigenvalue weighted by Gasteiger charge is -2.16. The number of hydrogen-bond donors (Lipinski definition) is 2. The molecular weight excluding hydrogens is 223 g/mol. The van der Waals surface area contributed by atoms with E-state index < -0.39 is 0 Å². The second-order valence-electron chi connectivity index (χ2n) is 3.75. The Morgan fingerprint density at radius 3 is 2.65 bits per heavy atom. The molecule has 0 saturated heterocycles. The highest BCUT2D eigenvalue weighted by Crippen LogP contribution is 2.02. The molecule has 0 fully saturated rings. The van der Waals surface area contributed by atoms with E-state index >= 15 is 0 Å². The van der Waals surface area contributed by atoms with Gasteiger partial charge in [-0.1, -0.05) is 12.1 Å². The van der Waals surface area contributed by atoms with Crippen molar-refractivity contribution < 1.29 is 14.3 Å². The van der Waals surface area contributed by atoms with Gasteiger partial charge in [0, 0.05) is 20.1 Å². The Bertz CT molecular complexity index is 354. The number of nitrogens with one attached hydrogen (secondary N) is 1. The molecule has 0 aliphatic heterocycles. The van der Waals surface area contributed by atoms with Crippen LogP contribution in [-0.2, 0) is 6.42 Å². The van der Waals surface area contributed by atoms with Gasteiger partial charge in [0.2, 0.25) is 0 Å². The van der Waals surface area contributed by atoms with Crippen LogP contribution in [0.4, 0.5) is 9.18 Å². The Balaban J connectivity index is 2.28. The molecule has 2 N–H and O–H groups in total. The topological polar surface area (TPSA) is 52.6 Å². The van der Waals surface area contributed by atoms with Gasteiger partial charge in [0.05, 0.1) is 6.61 Å². The molecule has 17 heavy (non-hydrogen) atoms. The smallest absolute Gasteiger partial charge is 0.317 e. The van der Waals surface area contributed by atoms with Crippen molar-refractivity contribution in [3.05, 3.63) is 35.6 Å². The maximum absolute atomic E-state index is 12.6. The molecule has 1 aromatic rings. The highest BCUT2D eigenvalue weighted by atomic mass is 19.1. The lowest BCUT2D eigenvalue weighted by atomic mass is 10.1. The molecule has 5 heteroatoms. The molecule has 0 bridgehead atoms. The van der Waals surface area contributed by atoms with Crippen LogP contribution >= 0.6 is 0 Å². The van der Waals surface area contributed by atoms with E-state index in [-0.39, 0.29) is 18.5 Å². The van der Waals surface area contributed by atoms with E-state index in [9.17, 15) is 9.18 Å². The first-order chi connectivity index (χ1) is 8.13. The average Bonchev–Trinajstić information content (AvgIpc) is 2.32. The van der Waals surface area contributed by atoms with Crippen LogP contribution in [0.3, 0.4) is 0 Å². The van der Waals surface area contributed by atoms with Gasteiger partial charge in [-0.15, -0.1) is 0 Å². The van der Waals surface area contributed by atoms with Crippen LogP contribution in [-0.4, -0.2) is 42.8 Å². The predicted octanol–water partition coefficient (Wildman–Crippen LogP) is 1.00. The first-order valence-electron chi connectivity index (χ1n) is 5.47. The van der Waals surface area contributed by atoms with Crippen LogP contribution in [0, 0.1) is 5.82 Å². The predicted molar refractivity (Wildman–Crippen MR) is 63.2 cm³/mol. The number of benzene rings is 1. The minimum Gasteiger partial charge on any atom is -0.395 e. The van der Waals surface area contributed by atoms with Crippen molar-refractivity contribution in [1.29, 1.82) is 0 Å². The number of rotatable bonds is 5. The Morgan fingerprint density at radius 1 is 1.41 bits per heavy atom. The number of carbonyl (C=O) groups is 1. The third-order valence-corrected chi connectivity index (χ3v) is 2.39. The summed E-state index contributed by atoms with van der Waals surface area (Å²) in [5, 5.41) is 11.4. The van der Waals surface area contributed by atoms with E-state index in [4.69, 9.17) is 5.11 Å². The summed E-state index contributed by atoms with van der Waals surface area (Å²) < 4.78 is 12.6. The molecule has 1 rings (SSSR count). The molecule has 0 heterocycles. The summed E-state index contributed by atoms with van der Waals surface area (Å²) in [7, 11) is 1.61. The van der Waals surface area contributed by atoms with Crippen LogP contribution in [0.5, 0.6) is 0 Å². The van der Waals surface area contributed by atoms with E-state index in [2.05, 4.69) is 5.32 Å². The Labute approximate surface area is 100 Å². The second kappa shape index (κ2) is 6.85. The summed E-state index contributed by atoms with van der Waals surface area (Å²) in [5.41, 5.74) is 0.969. The van der Waals surface area contributed by atoms with E-state index in [1.54, 1.807) is 19.2 Å². The molecule has 1 aromatic carbocycles. The number of carbonyl (C=O) groups excluding carboxylic acids is 1. The van der Waals surface area contributed by atoms with Crippen molar-refractivity contribution in [2.75, 3.05) is 26.7 Å². The first kappa shape index (κ1) is 13.4. The monoisotopic (exact) mass is 240 g/mol. The number of amides is 2. The summed E-state index contributed by atoms with van der Waals surface area (Å²) in [4.78, 5) is 12.8. The third kappa shape index (κ3) is 4.82. The van der Waals surface area contributed by atoms with Crippen molar-refractivity contribution in [1.82, 2.24) is 10.2 Å². The highest BCUT2D eigenvalue weighted by Gasteiger charge is 2.05. The molecular formula is C12H17FN2O2. The van der Waals surface area contributed by atoms with Crippen molar-refractivity contribution in [2.45, 2.75) is 6.42 Å². The van der Waals surface area contributed by atoms with Crippen LogP contribution in [0.15, 0.2) is 24.3 Å². The van der Waals surface area contributed by atoms with Crippen molar-refractivity contribution in [3.63, 3.8) is 0 Å². The molecule has 0 radical (unpaired) electrons. The minimum atomic E-state index is -0.263. The number of hydrogen-bond acceptors (Lipinski definition) is 2. The largest absolute Gasteiger partial charge is 0.395 e. The van der Waals surface area contributed by atoms with Gasteiger partial charge in [0.25, 0.3) is 0 Å². The van der Waals surface area contributed by atoms with Crippen LogP contribution in [0.1, 0.15) is 5.56 Å². The number of aliphatic hydroxyl groups excluding tert-OH is 1. The van der Waals surface area contributed by atoms with Gasteiger partial charge in [-0.25, -0.2) is 9.18 Å². The number of nitrogens with zero attached hydrogens (tertiary/aromatic N) is 1. The summed E-state index contributed by atoms with van der Waals surface area (Å²) in [6.45, 7) is 0.741. The van der Waals surface area contributed by atoms with Crippen molar-refractivity contribution in [2.24, 2.45) is 0 Å². The minimum absolute atomic E-state index is 0.0537. The number of aliphatic hydroxyl groups is 1. The first-order valence-corrected chi connectivity index (χ1v) is 5.47. The summed E-state index contributed by atoms with van der Waals surface area (Å²) in [6, 6.07) is 5.96. The molecule has 0 saturated carbocycles. The molecule has 0 spiro atoms. The van der Waals surface area contributed by atoms with Crippen LogP contribution in [0.2, 0.25) is 0 Å². The fourth-order valence-electron chi connectivity index (χ4n) is 1.35. The van der Waals surface area contributed by atoms with Gasteiger partial charge in [0.15, 0.2) is 0 Å². The number of urea groups is 1. The second-order valence-corrected chi connectivity index (χ2v) is 3.75. The highest BCUT2D eigenvalue weighted by molar-refractivity contribution is 5.73. The SMILES string of the molecule is CN(CCO)C(=O)NCCc1ccc(F)cc1. The van der Waals surface area contributed by atoms with Crippen molar-refractivity contribution in [3.8, 4) is 0 Å². The zero-order valence-corrected chi connectivity index (χ0v) is 9.82. The zero-order valence-electron chi connectivity index (χ0n) is 9.82. The molecule has 94 valence electrons. The van der Waals surface area contributed by atoms with E-state index in [0.717, 1.165) is 5.56 Å². The molecule has 0 aliphatic carbocycles. The molecule has 2 amide bonds.